The second-order valence-corrected chi connectivity index (χ2v) is 3.72. The van der Waals surface area contributed by atoms with E-state index in [0.717, 1.165) is 19.3 Å². The van der Waals surface area contributed by atoms with Crippen molar-refractivity contribution in [2.24, 2.45) is 11.7 Å². The van der Waals surface area contributed by atoms with Gasteiger partial charge in [-0.15, -0.1) is 0 Å². The highest BCUT2D eigenvalue weighted by molar-refractivity contribution is 4.89. The van der Waals surface area contributed by atoms with Gasteiger partial charge in [0, 0.05) is 6.04 Å². The molecule has 0 rings (SSSR count). The van der Waals surface area contributed by atoms with Crippen molar-refractivity contribution < 1.29 is 5.11 Å². The molecule has 2 heteroatoms. The summed E-state index contributed by atoms with van der Waals surface area (Å²) in [6.07, 6.45) is 2.52. The second kappa shape index (κ2) is 4.83. The molecule has 12 heavy (non-hydrogen) atoms. The molecule has 3 N–H and O–H groups in total. The van der Waals surface area contributed by atoms with Crippen molar-refractivity contribution >= 4 is 0 Å². The van der Waals surface area contributed by atoms with Crippen LogP contribution in [0.3, 0.4) is 0 Å². The van der Waals surface area contributed by atoms with Gasteiger partial charge in [-0.05, 0) is 18.8 Å². The normalized spacial score (nSPS) is 17.5. The van der Waals surface area contributed by atoms with Crippen LogP contribution in [0.1, 0.15) is 47.0 Å². The van der Waals surface area contributed by atoms with Crippen LogP contribution in [0, 0.1) is 5.92 Å². The molecule has 0 aliphatic carbocycles. The fourth-order valence-electron chi connectivity index (χ4n) is 1.50. The average molecular weight is 173 g/mol. The second-order valence-electron chi connectivity index (χ2n) is 3.72. The Balaban J connectivity index is 4.29. The van der Waals surface area contributed by atoms with Crippen molar-refractivity contribution in [2.45, 2.75) is 58.6 Å². The Kier molecular flexibility index (Phi) is 4.80. The highest BCUT2D eigenvalue weighted by atomic mass is 16.3. The molecule has 0 fully saturated rings. The summed E-state index contributed by atoms with van der Waals surface area (Å²) in [5.74, 6) is 0.398. The average Bonchev–Trinajstić information content (AvgIpc) is 2.14. The molecule has 2 atom stereocenters. The molecule has 0 unspecified atom stereocenters. The fourth-order valence-corrected chi connectivity index (χ4v) is 1.50. The lowest BCUT2D eigenvalue weighted by Gasteiger charge is -2.35. The fraction of sp³-hybridized carbons (Fsp3) is 1.00. The van der Waals surface area contributed by atoms with Gasteiger partial charge >= 0.3 is 0 Å². The van der Waals surface area contributed by atoms with Crippen LogP contribution in [0.2, 0.25) is 0 Å². The minimum atomic E-state index is -0.657. The van der Waals surface area contributed by atoms with E-state index in [2.05, 4.69) is 13.8 Å². The zero-order valence-corrected chi connectivity index (χ0v) is 8.80. The summed E-state index contributed by atoms with van der Waals surface area (Å²) in [5.41, 5.74) is 5.32. The first-order chi connectivity index (χ1) is 5.51. The summed E-state index contributed by atoms with van der Waals surface area (Å²) < 4.78 is 0. The van der Waals surface area contributed by atoms with E-state index in [4.69, 9.17) is 5.73 Å². The largest absolute Gasteiger partial charge is 0.388 e. The quantitative estimate of drug-likeness (QED) is 0.667. The molecule has 0 spiro atoms. The molecule has 0 aromatic heterocycles. The van der Waals surface area contributed by atoms with Gasteiger partial charge in [0.25, 0.3) is 0 Å². The standard InChI is InChI=1S/C10H23NO/c1-5-8(4)9(11)10(12,6-2)7-3/h8-9,12H,5-7,11H2,1-4H3/t8-,9-/m0/s1. The van der Waals surface area contributed by atoms with Crippen LogP contribution in [0.15, 0.2) is 0 Å². The summed E-state index contributed by atoms with van der Waals surface area (Å²) in [5, 5.41) is 10.1. The number of rotatable bonds is 5. The van der Waals surface area contributed by atoms with Gasteiger partial charge in [0.05, 0.1) is 5.60 Å². The first-order valence-corrected chi connectivity index (χ1v) is 4.99. The van der Waals surface area contributed by atoms with Gasteiger partial charge in [0.1, 0.15) is 0 Å². The van der Waals surface area contributed by atoms with Crippen LogP contribution >= 0.6 is 0 Å². The molecule has 0 aliphatic rings. The van der Waals surface area contributed by atoms with Crippen molar-refractivity contribution in [3.8, 4) is 0 Å². The highest BCUT2D eigenvalue weighted by Crippen LogP contribution is 2.24. The molecular formula is C10H23NO. The third-order valence-electron chi connectivity index (χ3n) is 3.10. The Labute approximate surface area is 76.2 Å². The van der Waals surface area contributed by atoms with E-state index in [-0.39, 0.29) is 6.04 Å². The van der Waals surface area contributed by atoms with Crippen molar-refractivity contribution in [2.75, 3.05) is 0 Å². The Bertz CT molecular complexity index is 121. The maximum Gasteiger partial charge on any atom is 0.0795 e. The topological polar surface area (TPSA) is 46.2 Å². The van der Waals surface area contributed by atoms with Crippen LogP contribution in [-0.2, 0) is 0 Å². The maximum atomic E-state index is 10.1. The van der Waals surface area contributed by atoms with Crippen LogP contribution in [0.25, 0.3) is 0 Å². The van der Waals surface area contributed by atoms with Crippen LogP contribution in [-0.4, -0.2) is 16.7 Å². The molecule has 0 aromatic carbocycles. The van der Waals surface area contributed by atoms with Crippen molar-refractivity contribution in [3.63, 3.8) is 0 Å². The summed E-state index contributed by atoms with van der Waals surface area (Å²) in [4.78, 5) is 0. The Morgan fingerprint density at radius 1 is 1.25 bits per heavy atom. The predicted octanol–water partition coefficient (Wildman–Crippen LogP) is 1.91. The van der Waals surface area contributed by atoms with Gasteiger partial charge < -0.3 is 10.8 Å². The van der Waals surface area contributed by atoms with Gasteiger partial charge in [-0.2, -0.15) is 0 Å². The lowest BCUT2D eigenvalue weighted by Crippen LogP contribution is -2.50. The predicted molar refractivity (Wildman–Crippen MR) is 53.0 cm³/mol. The van der Waals surface area contributed by atoms with Gasteiger partial charge in [0.15, 0.2) is 0 Å². The van der Waals surface area contributed by atoms with Gasteiger partial charge in [-0.25, -0.2) is 0 Å². The number of hydrogen-bond donors (Lipinski definition) is 2. The minimum Gasteiger partial charge on any atom is -0.388 e. The van der Waals surface area contributed by atoms with E-state index in [0.29, 0.717) is 5.92 Å². The van der Waals surface area contributed by atoms with E-state index < -0.39 is 5.60 Å². The maximum absolute atomic E-state index is 10.1. The molecule has 2 nitrogen and oxygen atoms in total. The molecule has 0 radical (unpaired) electrons. The molecular weight excluding hydrogens is 150 g/mol. The third-order valence-corrected chi connectivity index (χ3v) is 3.10. The van der Waals surface area contributed by atoms with Gasteiger partial charge in [-0.1, -0.05) is 34.1 Å². The molecule has 0 saturated carbocycles. The summed E-state index contributed by atoms with van der Waals surface area (Å²) in [6.45, 7) is 8.19. The molecule has 0 saturated heterocycles. The Hall–Kier alpha value is -0.0800. The lowest BCUT2D eigenvalue weighted by atomic mass is 9.81. The monoisotopic (exact) mass is 173 g/mol. The minimum absolute atomic E-state index is 0.0856. The van der Waals surface area contributed by atoms with E-state index in [1.807, 2.05) is 13.8 Å². The molecule has 0 amide bonds. The molecule has 0 aliphatic heterocycles. The molecule has 0 aromatic rings. The third kappa shape index (κ3) is 2.46. The first-order valence-electron chi connectivity index (χ1n) is 4.99. The zero-order chi connectivity index (χ0) is 9.78. The van der Waals surface area contributed by atoms with Crippen molar-refractivity contribution in [1.29, 1.82) is 0 Å². The molecule has 0 heterocycles. The SMILES string of the molecule is CC[C@H](C)[C@H](N)C(O)(CC)CC. The van der Waals surface area contributed by atoms with E-state index in [1.165, 1.54) is 0 Å². The summed E-state index contributed by atoms with van der Waals surface area (Å²) in [6, 6.07) is -0.0856. The van der Waals surface area contributed by atoms with E-state index in [9.17, 15) is 5.11 Å². The van der Waals surface area contributed by atoms with Crippen LogP contribution in [0.5, 0.6) is 0 Å². The van der Waals surface area contributed by atoms with Crippen LogP contribution in [0.4, 0.5) is 0 Å². The first kappa shape index (κ1) is 11.9. The smallest absolute Gasteiger partial charge is 0.0795 e. The number of hydrogen-bond acceptors (Lipinski definition) is 2. The van der Waals surface area contributed by atoms with Gasteiger partial charge in [-0.3, -0.25) is 0 Å². The highest BCUT2D eigenvalue weighted by Gasteiger charge is 2.33. The lowest BCUT2D eigenvalue weighted by molar-refractivity contribution is -0.0101. The number of aliphatic hydroxyl groups is 1. The van der Waals surface area contributed by atoms with E-state index >= 15 is 0 Å². The number of nitrogens with two attached hydrogens (primary N) is 1. The van der Waals surface area contributed by atoms with Crippen molar-refractivity contribution in [1.82, 2.24) is 0 Å². The summed E-state index contributed by atoms with van der Waals surface area (Å²) >= 11 is 0. The molecule has 74 valence electrons. The zero-order valence-electron chi connectivity index (χ0n) is 8.80. The van der Waals surface area contributed by atoms with Crippen molar-refractivity contribution in [3.05, 3.63) is 0 Å². The Morgan fingerprint density at radius 3 is 1.92 bits per heavy atom. The van der Waals surface area contributed by atoms with E-state index in [1.54, 1.807) is 0 Å². The van der Waals surface area contributed by atoms with Crippen LogP contribution < -0.4 is 5.73 Å². The summed E-state index contributed by atoms with van der Waals surface area (Å²) in [7, 11) is 0. The van der Waals surface area contributed by atoms with Gasteiger partial charge in [0.2, 0.25) is 0 Å². The molecule has 0 bridgehead atoms. The Morgan fingerprint density at radius 2 is 1.67 bits per heavy atom.